The summed E-state index contributed by atoms with van der Waals surface area (Å²) in [6.07, 6.45) is 0.847. The molecule has 1 atom stereocenters. The second-order valence-electron chi connectivity index (χ2n) is 4.09. The average Bonchev–Trinajstić information content (AvgIpc) is 2.78. The predicted octanol–water partition coefficient (Wildman–Crippen LogP) is 2.10. The summed E-state index contributed by atoms with van der Waals surface area (Å²) in [7, 11) is 0. The Balaban J connectivity index is 0.00000144. The van der Waals surface area contributed by atoms with Crippen LogP contribution >= 0.6 is 12.4 Å². The first-order valence-electron chi connectivity index (χ1n) is 5.45. The van der Waals surface area contributed by atoms with Crippen LogP contribution in [0, 0.1) is 18.7 Å². The number of rotatable bonds is 2. The van der Waals surface area contributed by atoms with Gasteiger partial charge in [0.25, 0.3) is 0 Å². The average molecular weight is 259 g/mol. The molecule has 0 radical (unpaired) electrons. The van der Waals surface area contributed by atoms with E-state index in [1.807, 2.05) is 0 Å². The topological polar surface area (TPSA) is 41.1 Å². The minimum Gasteiger partial charge on any atom is -0.325 e. The van der Waals surface area contributed by atoms with Crippen molar-refractivity contribution in [3.63, 3.8) is 0 Å². The number of anilines is 1. The summed E-state index contributed by atoms with van der Waals surface area (Å²) >= 11 is 0. The molecule has 94 valence electrons. The van der Waals surface area contributed by atoms with Gasteiger partial charge in [0.2, 0.25) is 5.91 Å². The number of hydrogen-bond donors (Lipinski definition) is 2. The molecule has 1 aromatic carbocycles. The molecule has 0 spiro atoms. The van der Waals surface area contributed by atoms with Crippen molar-refractivity contribution in [2.75, 3.05) is 18.4 Å². The third-order valence-electron chi connectivity index (χ3n) is 2.96. The van der Waals surface area contributed by atoms with E-state index in [9.17, 15) is 9.18 Å². The molecule has 0 aliphatic carbocycles. The van der Waals surface area contributed by atoms with Crippen LogP contribution in [0.2, 0.25) is 0 Å². The molecule has 1 aromatic rings. The Bertz CT molecular complexity index is 405. The van der Waals surface area contributed by atoms with Crippen molar-refractivity contribution in [2.24, 2.45) is 5.92 Å². The molecule has 3 nitrogen and oxygen atoms in total. The Kier molecular flexibility index (Phi) is 4.90. The molecular formula is C12H16ClFN2O. The lowest BCUT2D eigenvalue weighted by atomic mass is 10.1. The van der Waals surface area contributed by atoms with Gasteiger partial charge in [0.15, 0.2) is 0 Å². The second-order valence-corrected chi connectivity index (χ2v) is 4.09. The van der Waals surface area contributed by atoms with Crippen LogP contribution in [0.5, 0.6) is 0 Å². The zero-order valence-electron chi connectivity index (χ0n) is 9.63. The first-order valence-corrected chi connectivity index (χ1v) is 5.45. The first kappa shape index (κ1) is 13.9. The van der Waals surface area contributed by atoms with E-state index in [2.05, 4.69) is 10.6 Å². The molecule has 1 unspecified atom stereocenters. The molecule has 2 rings (SSSR count). The van der Waals surface area contributed by atoms with Crippen molar-refractivity contribution in [1.82, 2.24) is 5.32 Å². The smallest absolute Gasteiger partial charge is 0.228 e. The number of hydrogen-bond acceptors (Lipinski definition) is 2. The summed E-state index contributed by atoms with van der Waals surface area (Å²) in [5.41, 5.74) is 1.05. The third kappa shape index (κ3) is 3.17. The predicted molar refractivity (Wildman–Crippen MR) is 68.0 cm³/mol. The van der Waals surface area contributed by atoms with Crippen LogP contribution in [0.15, 0.2) is 18.2 Å². The highest BCUT2D eigenvalue weighted by molar-refractivity contribution is 5.93. The number of nitrogens with one attached hydrogen (secondary N) is 2. The van der Waals surface area contributed by atoms with E-state index in [1.165, 1.54) is 6.07 Å². The van der Waals surface area contributed by atoms with Crippen molar-refractivity contribution in [3.05, 3.63) is 29.6 Å². The fourth-order valence-corrected chi connectivity index (χ4v) is 1.86. The second kappa shape index (κ2) is 5.98. The Morgan fingerprint density at radius 1 is 1.53 bits per heavy atom. The lowest BCUT2D eigenvalue weighted by Gasteiger charge is -2.12. The first-order chi connectivity index (χ1) is 7.68. The van der Waals surface area contributed by atoms with Gasteiger partial charge in [-0.3, -0.25) is 4.79 Å². The Hall–Kier alpha value is -1.13. The van der Waals surface area contributed by atoms with Gasteiger partial charge in [0, 0.05) is 17.8 Å². The van der Waals surface area contributed by atoms with Gasteiger partial charge >= 0.3 is 0 Å². The summed E-state index contributed by atoms with van der Waals surface area (Å²) in [6.45, 7) is 3.25. The quantitative estimate of drug-likeness (QED) is 0.853. The largest absolute Gasteiger partial charge is 0.325 e. The van der Waals surface area contributed by atoms with Gasteiger partial charge in [-0.05, 0) is 32.0 Å². The van der Waals surface area contributed by atoms with Crippen LogP contribution in [0.1, 0.15) is 12.0 Å². The molecule has 1 aliphatic heterocycles. The number of amides is 1. The molecule has 17 heavy (non-hydrogen) atoms. The third-order valence-corrected chi connectivity index (χ3v) is 2.96. The zero-order chi connectivity index (χ0) is 11.5. The lowest BCUT2D eigenvalue weighted by Crippen LogP contribution is -2.25. The zero-order valence-corrected chi connectivity index (χ0v) is 10.4. The summed E-state index contributed by atoms with van der Waals surface area (Å²) in [4.78, 5) is 11.8. The van der Waals surface area contributed by atoms with Gasteiger partial charge in [-0.2, -0.15) is 0 Å². The fourth-order valence-electron chi connectivity index (χ4n) is 1.86. The van der Waals surface area contributed by atoms with E-state index < -0.39 is 0 Å². The van der Waals surface area contributed by atoms with Crippen LogP contribution in [0.4, 0.5) is 10.1 Å². The Morgan fingerprint density at radius 2 is 2.29 bits per heavy atom. The van der Waals surface area contributed by atoms with Crippen molar-refractivity contribution >= 4 is 24.0 Å². The van der Waals surface area contributed by atoms with E-state index in [4.69, 9.17) is 0 Å². The van der Waals surface area contributed by atoms with Crippen LogP contribution in [-0.2, 0) is 4.79 Å². The van der Waals surface area contributed by atoms with Gasteiger partial charge in [-0.1, -0.05) is 6.07 Å². The maximum Gasteiger partial charge on any atom is 0.228 e. The van der Waals surface area contributed by atoms with Gasteiger partial charge in [0.1, 0.15) is 5.82 Å². The standard InChI is InChI=1S/C12H15FN2O.ClH/c1-8-10(13)3-2-4-11(8)15-12(16)9-5-6-14-7-9;/h2-4,9,14H,5-7H2,1H3,(H,15,16);1H. The molecule has 1 aliphatic rings. The molecular weight excluding hydrogens is 243 g/mol. The van der Waals surface area contributed by atoms with E-state index in [0.29, 0.717) is 17.8 Å². The van der Waals surface area contributed by atoms with E-state index in [-0.39, 0.29) is 30.0 Å². The number of carbonyl (C=O) groups excluding carboxylic acids is 1. The molecule has 1 heterocycles. The molecule has 1 amide bonds. The number of benzene rings is 1. The maximum atomic E-state index is 13.2. The van der Waals surface area contributed by atoms with Crippen LogP contribution in [0.3, 0.4) is 0 Å². The number of halogens is 2. The normalized spacial score (nSPS) is 18.6. The van der Waals surface area contributed by atoms with Crippen molar-refractivity contribution in [2.45, 2.75) is 13.3 Å². The summed E-state index contributed by atoms with van der Waals surface area (Å²) in [6, 6.07) is 4.71. The van der Waals surface area contributed by atoms with Gasteiger partial charge in [0.05, 0.1) is 5.92 Å². The minimum atomic E-state index is -0.289. The van der Waals surface area contributed by atoms with Crippen molar-refractivity contribution < 1.29 is 9.18 Å². The molecule has 1 saturated heterocycles. The fraction of sp³-hybridized carbons (Fsp3) is 0.417. The summed E-state index contributed by atoms with van der Waals surface area (Å²) < 4.78 is 13.2. The Labute approximate surface area is 106 Å². The maximum absolute atomic E-state index is 13.2. The van der Waals surface area contributed by atoms with E-state index in [0.717, 1.165) is 13.0 Å². The molecule has 5 heteroatoms. The SMILES string of the molecule is Cc1c(F)cccc1NC(=O)C1CCNC1.Cl. The molecule has 0 bridgehead atoms. The summed E-state index contributed by atoms with van der Waals surface area (Å²) in [5.74, 6) is -0.316. The highest BCUT2D eigenvalue weighted by atomic mass is 35.5. The van der Waals surface area contributed by atoms with E-state index in [1.54, 1.807) is 19.1 Å². The Morgan fingerprint density at radius 3 is 2.94 bits per heavy atom. The van der Waals surface area contributed by atoms with E-state index >= 15 is 0 Å². The lowest BCUT2D eigenvalue weighted by molar-refractivity contribution is -0.119. The highest BCUT2D eigenvalue weighted by Gasteiger charge is 2.22. The van der Waals surface area contributed by atoms with Gasteiger partial charge in [-0.25, -0.2) is 4.39 Å². The van der Waals surface area contributed by atoms with Crippen LogP contribution < -0.4 is 10.6 Å². The molecule has 1 fully saturated rings. The molecule has 0 saturated carbocycles. The minimum absolute atomic E-state index is 0. The van der Waals surface area contributed by atoms with Crippen LogP contribution in [-0.4, -0.2) is 19.0 Å². The van der Waals surface area contributed by atoms with Crippen molar-refractivity contribution in [3.8, 4) is 0 Å². The number of carbonyl (C=O) groups is 1. The highest BCUT2D eigenvalue weighted by Crippen LogP contribution is 2.19. The van der Waals surface area contributed by atoms with Gasteiger partial charge < -0.3 is 10.6 Å². The molecule has 2 N–H and O–H groups in total. The molecule has 0 aromatic heterocycles. The van der Waals surface area contributed by atoms with Crippen molar-refractivity contribution in [1.29, 1.82) is 0 Å². The summed E-state index contributed by atoms with van der Waals surface area (Å²) in [5, 5.41) is 5.90. The van der Waals surface area contributed by atoms with Crippen LogP contribution in [0.25, 0.3) is 0 Å². The van der Waals surface area contributed by atoms with Gasteiger partial charge in [-0.15, -0.1) is 12.4 Å². The monoisotopic (exact) mass is 258 g/mol.